The molecule has 1 nitrogen and oxygen atoms in total. The molecule has 1 aliphatic carbocycles. The molecule has 4 heteroatoms. The Balaban J connectivity index is 0.000000372. The minimum atomic E-state index is 0. The molecule has 0 saturated carbocycles. The summed E-state index contributed by atoms with van der Waals surface area (Å²) in [7, 11) is 0. The Hall–Kier alpha value is -1.47. The van der Waals surface area contributed by atoms with Gasteiger partial charge in [-0.25, -0.2) is 12.2 Å². The van der Waals surface area contributed by atoms with E-state index in [-0.39, 0.29) is 51.0 Å². The fraction of sp³-hybridized carbons (Fsp3) is 0.0455. The van der Waals surface area contributed by atoms with E-state index < -0.39 is 0 Å². The van der Waals surface area contributed by atoms with Gasteiger partial charge < -0.3 is 29.4 Å². The first-order valence-corrected chi connectivity index (χ1v) is 7.86. The van der Waals surface area contributed by atoms with Gasteiger partial charge in [0.25, 0.3) is 0 Å². The first-order chi connectivity index (χ1) is 11.4. The van der Waals surface area contributed by atoms with E-state index in [1.165, 1.54) is 27.4 Å². The summed E-state index contributed by atoms with van der Waals surface area (Å²) in [6.07, 6.45) is 12.1. The van der Waals surface area contributed by atoms with Crippen LogP contribution in [-0.4, -0.2) is 4.57 Å². The van der Waals surface area contributed by atoms with E-state index in [1.807, 2.05) is 12.2 Å². The predicted molar refractivity (Wildman–Crippen MR) is 97.9 cm³/mol. The fourth-order valence-corrected chi connectivity index (χ4v) is 2.98. The van der Waals surface area contributed by atoms with Crippen LogP contribution in [0.5, 0.6) is 0 Å². The number of aromatic nitrogens is 1. The fourth-order valence-electron chi connectivity index (χ4n) is 2.98. The van der Waals surface area contributed by atoms with E-state index in [0.29, 0.717) is 0 Å². The Morgan fingerprint density at radius 3 is 2.27 bits per heavy atom. The minimum absolute atomic E-state index is 0. The van der Waals surface area contributed by atoms with Gasteiger partial charge >= 0.3 is 26.2 Å². The van der Waals surface area contributed by atoms with Crippen LogP contribution in [0.2, 0.25) is 0 Å². The van der Waals surface area contributed by atoms with Crippen LogP contribution in [0, 0.1) is 6.08 Å². The summed E-state index contributed by atoms with van der Waals surface area (Å²) >= 11 is 0. The van der Waals surface area contributed by atoms with Gasteiger partial charge in [0.05, 0.1) is 0 Å². The normalized spacial score (nSPS) is 11.2. The van der Waals surface area contributed by atoms with Gasteiger partial charge in [0.1, 0.15) is 0 Å². The van der Waals surface area contributed by atoms with E-state index in [4.69, 9.17) is 0 Å². The van der Waals surface area contributed by atoms with Crippen molar-refractivity contribution in [3.63, 3.8) is 0 Å². The van der Waals surface area contributed by atoms with Crippen molar-refractivity contribution in [2.75, 3.05) is 0 Å². The predicted octanol–water partition coefficient (Wildman–Crippen LogP) is -0.186. The third kappa shape index (κ3) is 4.62. The smallest absolute Gasteiger partial charge is 1.00 e. The summed E-state index contributed by atoms with van der Waals surface area (Å²) in [6, 6.07) is 23.5. The zero-order valence-corrected chi connectivity index (χ0v) is 18.0. The molecule has 128 valence electrons. The van der Waals surface area contributed by atoms with Gasteiger partial charge in [0.15, 0.2) is 0 Å². The van der Waals surface area contributed by atoms with Crippen molar-refractivity contribution in [3.05, 3.63) is 97.2 Å². The molecule has 1 aliphatic rings. The minimum Gasteiger partial charge on any atom is -1.00 e. The summed E-state index contributed by atoms with van der Waals surface area (Å²) in [5.41, 5.74) is 2.51. The van der Waals surface area contributed by atoms with E-state index in [2.05, 4.69) is 89.6 Å². The monoisotopic (exact) mass is 455 g/mol. The Labute approximate surface area is 185 Å². The molecule has 26 heavy (non-hydrogen) atoms. The molecule has 0 bridgehead atoms. The van der Waals surface area contributed by atoms with Crippen molar-refractivity contribution in [1.82, 2.24) is 4.57 Å². The number of halogens is 2. The maximum atomic E-state index is 2.99. The molecule has 0 radical (unpaired) electrons. The zero-order valence-electron chi connectivity index (χ0n) is 14.1. The summed E-state index contributed by atoms with van der Waals surface area (Å²) < 4.78 is 2.26. The van der Waals surface area contributed by atoms with E-state index in [0.717, 1.165) is 6.42 Å². The average Bonchev–Trinajstić information content (AvgIpc) is 3.35. The molecule has 0 saturated heterocycles. The molecular formula is C22H17Cl2NZr. The summed E-state index contributed by atoms with van der Waals surface area (Å²) in [6.45, 7) is 0. The van der Waals surface area contributed by atoms with Gasteiger partial charge in [-0.2, -0.15) is 6.08 Å². The zero-order chi connectivity index (χ0) is 15.5. The van der Waals surface area contributed by atoms with Crippen molar-refractivity contribution in [2.45, 2.75) is 6.42 Å². The molecule has 4 aromatic rings. The van der Waals surface area contributed by atoms with Gasteiger partial charge in [-0.3, -0.25) is 6.08 Å². The number of rotatable bonds is 1. The Morgan fingerprint density at radius 2 is 1.58 bits per heavy atom. The molecule has 0 amide bonds. The van der Waals surface area contributed by atoms with Gasteiger partial charge in [0, 0.05) is 0 Å². The van der Waals surface area contributed by atoms with Gasteiger partial charge in [-0.05, 0) is 22.8 Å². The topological polar surface area (TPSA) is 4.93 Å². The van der Waals surface area contributed by atoms with E-state index in [1.54, 1.807) is 0 Å². The van der Waals surface area contributed by atoms with E-state index in [9.17, 15) is 0 Å². The number of fused-ring (bicyclic) bond motifs is 2. The van der Waals surface area contributed by atoms with Crippen LogP contribution < -0.4 is 24.8 Å². The number of hydrogen-bond acceptors (Lipinski definition) is 0. The van der Waals surface area contributed by atoms with Crippen LogP contribution in [0.15, 0.2) is 91.2 Å². The average molecular weight is 458 g/mol. The number of nitrogens with zero attached hydrogens (tertiary/aromatic N) is 1. The molecule has 0 fully saturated rings. The first-order valence-electron chi connectivity index (χ1n) is 7.86. The molecule has 1 heterocycles. The second-order valence-electron chi connectivity index (χ2n) is 5.55. The number of para-hydroxylation sites is 1. The van der Waals surface area contributed by atoms with Crippen molar-refractivity contribution < 1.29 is 51.0 Å². The van der Waals surface area contributed by atoms with Gasteiger partial charge in [-0.1, -0.05) is 65.4 Å². The Morgan fingerprint density at radius 1 is 0.846 bits per heavy atom. The van der Waals surface area contributed by atoms with Crippen LogP contribution in [0.4, 0.5) is 0 Å². The molecule has 1 aromatic heterocycles. The second kappa shape index (κ2) is 10.6. The molecule has 0 atom stereocenters. The molecular weight excluding hydrogens is 440 g/mol. The Kier molecular flexibility index (Phi) is 9.23. The molecule has 0 spiro atoms. The maximum absolute atomic E-state index is 2.99. The van der Waals surface area contributed by atoms with Crippen molar-refractivity contribution >= 4 is 21.7 Å². The SMILES string of the molecule is [C-]1=CC=CC1.[Cl-].[Cl-].[Zr+4].c1ccc2c(c1)cc[c-]2-n1ccc2ccccc21. The Bertz CT molecular complexity index is 929. The second-order valence-corrected chi connectivity index (χ2v) is 5.55. The third-order valence-corrected chi connectivity index (χ3v) is 4.10. The quantitative estimate of drug-likeness (QED) is 0.350. The molecule has 3 aromatic carbocycles. The van der Waals surface area contributed by atoms with Gasteiger partial charge in [0.2, 0.25) is 0 Å². The van der Waals surface area contributed by atoms with E-state index >= 15 is 0 Å². The number of benzene rings is 2. The van der Waals surface area contributed by atoms with Crippen LogP contribution in [-0.2, 0) is 26.2 Å². The van der Waals surface area contributed by atoms with Gasteiger partial charge in [-0.15, -0.1) is 18.6 Å². The molecule has 0 N–H and O–H groups in total. The van der Waals surface area contributed by atoms with Crippen molar-refractivity contribution in [2.24, 2.45) is 0 Å². The molecule has 5 rings (SSSR count). The molecule has 0 aliphatic heterocycles. The van der Waals surface area contributed by atoms with Crippen molar-refractivity contribution in [3.8, 4) is 5.69 Å². The summed E-state index contributed by atoms with van der Waals surface area (Å²) in [4.78, 5) is 0. The van der Waals surface area contributed by atoms with Crippen LogP contribution in [0.1, 0.15) is 6.42 Å². The first kappa shape index (κ1) is 22.6. The van der Waals surface area contributed by atoms with Crippen LogP contribution in [0.25, 0.3) is 27.4 Å². The number of allylic oxidation sites excluding steroid dienone is 4. The van der Waals surface area contributed by atoms with Crippen LogP contribution in [0.3, 0.4) is 0 Å². The third-order valence-electron chi connectivity index (χ3n) is 4.10. The summed E-state index contributed by atoms with van der Waals surface area (Å²) in [5, 5.41) is 3.88. The standard InChI is InChI=1S/C17H12N.C5H5.2ClH.Zr/c1-3-7-15-13(5-1)9-10-17(15)18-12-11-14-6-2-4-8-16(14)18;1-2-4-5-3-1;;;/h1-12H;1-3H,4H2;2*1H;/q2*-1;;;+4/p-2. The van der Waals surface area contributed by atoms with Crippen molar-refractivity contribution in [1.29, 1.82) is 0 Å². The maximum Gasteiger partial charge on any atom is 4.00 e. The number of hydrogen-bond donors (Lipinski definition) is 0. The summed E-state index contributed by atoms with van der Waals surface area (Å²) in [5.74, 6) is 0. The van der Waals surface area contributed by atoms with Crippen LogP contribution >= 0.6 is 0 Å². The molecule has 0 unspecified atom stereocenters. The largest absolute Gasteiger partial charge is 4.00 e.